The van der Waals surface area contributed by atoms with Gasteiger partial charge in [-0.1, -0.05) is 0 Å². The molecule has 0 aliphatic rings. The summed E-state index contributed by atoms with van der Waals surface area (Å²) in [6.45, 7) is -1.47. The Labute approximate surface area is 157 Å². The lowest BCUT2D eigenvalue weighted by atomic mass is 10.2. The van der Waals surface area contributed by atoms with Crippen molar-refractivity contribution in [3.63, 3.8) is 0 Å². The molecule has 0 bridgehead atoms. The zero-order chi connectivity index (χ0) is 20.5. The van der Waals surface area contributed by atoms with Gasteiger partial charge in [0.05, 0.1) is 39.5 Å². The summed E-state index contributed by atoms with van der Waals surface area (Å²) in [6.07, 6.45) is -1.15. The summed E-state index contributed by atoms with van der Waals surface area (Å²) in [6, 6.07) is 0. The van der Waals surface area contributed by atoms with Crippen LogP contribution in [0.2, 0.25) is 0 Å². The van der Waals surface area contributed by atoms with Gasteiger partial charge in [-0.3, -0.25) is 4.79 Å². The first-order valence-electron chi connectivity index (χ1n) is 8.24. The van der Waals surface area contributed by atoms with Gasteiger partial charge in [0.2, 0.25) is 0 Å². The largest absolute Gasteiger partial charge is 0.462 e. The molecule has 0 fully saturated rings. The van der Waals surface area contributed by atoms with Crippen molar-refractivity contribution in [3.8, 4) is 0 Å². The number of ether oxygens (including phenoxy) is 6. The minimum absolute atomic E-state index is 0.121. The van der Waals surface area contributed by atoms with Crippen LogP contribution in [0.4, 0.5) is 0 Å². The van der Waals surface area contributed by atoms with Crippen LogP contribution in [0, 0.1) is 5.92 Å². The minimum atomic E-state index is -0.955. The highest BCUT2D eigenvalue weighted by molar-refractivity contribution is 5.77. The van der Waals surface area contributed by atoms with Crippen LogP contribution in [0.3, 0.4) is 0 Å². The quantitative estimate of drug-likeness (QED) is 0.227. The normalized spacial score (nSPS) is 12.9. The zero-order valence-electron chi connectivity index (χ0n) is 15.6. The van der Waals surface area contributed by atoms with Crippen LogP contribution in [0.25, 0.3) is 0 Å². The van der Waals surface area contributed by atoms with Crippen molar-refractivity contribution >= 4 is 17.9 Å². The van der Waals surface area contributed by atoms with Gasteiger partial charge in [0.15, 0.2) is 12.7 Å². The van der Waals surface area contributed by atoms with Crippen molar-refractivity contribution in [3.05, 3.63) is 0 Å². The number of hydrogen-bond donors (Lipinski definition) is 2. The SMILES string of the molecule is COCC(=O)OCC(=O)OC(COCC(CO)COC)COC(=O)CCO. The molecule has 0 amide bonds. The third-order valence-electron chi connectivity index (χ3n) is 2.98. The van der Waals surface area contributed by atoms with Crippen molar-refractivity contribution in [2.45, 2.75) is 12.5 Å². The second-order valence-electron chi connectivity index (χ2n) is 5.40. The number of rotatable bonds is 16. The molecule has 0 saturated carbocycles. The smallest absolute Gasteiger partial charge is 0.344 e. The van der Waals surface area contributed by atoms with E-state index in [-0.39, 0.29) is 58.6 Å². The van der Waals surface area contributed by atoms with E-state index >= 15 is 0 Å². The Morgan fingerprint density at radius 3 is 2.15 bits per heavy atom. The molecule has 27 heavy (non-hydrogen) atoms. The van der Waals surface area contributed by atoms with E-state index in [1.54, 1.807) is 0 Å². The molecule has 0 aromatic heterocycles. The molecule has 2 unspecified atom stereocenters. The van der Waals surface area contributed by atoms with Gasteiger partial charge in [-0.2, -0.15) is 0 Å². The number of aliphatic hydroxyl groups is 2. The Morgan fingerprint density at radius 1 is 0.815 bits per heavy atom. The van der Waals surface area contributed by atoms with Crippen LogP contribution in [0.5, 0.6) is 0 Å². The van der Waals surface area contributed by atoms with E-state index in [0.717, 1.165) is 0 Å². The van der Waals surface area contributed by atoms with Gasteiger partial charge in [0, 0.05) is 20.1 Å². The van der Waals surface area contributed by atoms with Crippen LogP contribution in [0.15, 0.2) is 0 Å². The monoisotopic (exact) mass is 396 g/mol. The van der Waals surface area contributed by atoms with Gasteiger partial charge < -0.3 is 38.6 Å². The van der Waals surface area contributed by atoms with Gasteiger partial charge in [-0.15, -0.1) is 0 Å². The molecule has 0 aromatic rings. The van der Waals surface area contributed by atoms with Crippen molar-refractivity contribution in [1.82, 2.24) is 0 Å². The third kappa shape index (κ3) is 14.0. The molecule has 0 heterocycles. The minimum Gasteiger partial charge on any atom is -0.462 e. The van der Waals surface area contributed by atoms with Gasteiger partial charge in [0.1, 0.15) is 13.2 Å². The first-order chi connectivity index (χ1) is 13.0. The number of carbonyl (C=O) groups is 3. The number of hydrogen-bond acceptors (Lipinski definition) is 11. The Morgan fingerprint density at radius 2 is 1.56 bits per heavy atom. The Hall–Kier alpha value is -1.79. The van der Waals surface area contributed by atoms with Gasteiger partial charge >= 0.3 is 17.9 Å². The van der Waals surface area contributed by atoms with Crippen LogP contribution < -0.4 is 0 Å². The van der Waals surface area contributed by atoms with Crippen LogP contribution in [0.1, 0.15) is 6.42 Å². The first-order valence-corrected chi connectivity index (χ1v) is 8.24. The highest BCUT2D eigenvalue weighted by atomic mass is 16.6. The molecule has 0 radical (unpaired) electrons. The molecule has 0 aliphatic heterocycles. The van der Waals surface area contributed by atoms with Crippen LogP contribution >= 0.6 is 0 Å². The molecule has 2 atom stereocenters. The van der Waals surface area contributed by atoms with Crippen molar-refractivity contribution in [2.75, 3.05) is 67.1 Å². The standard InChI is InChI=1S/C16H28O11/c1-22-6-12(5-18)7-24-8-13(9-25-14(19)3-4-17)27-16(21)11-26-15(20)10-23-2/h12-13,17-18H,3-11H2,1-2H3. The summed E-state index contributed by atoms with van der Waals surface area (Å²) in [4.78, 5) is 34.2. The van der Waals surface area contributed by atoms with E-state index in [0.29, 0.717) is 0 Å². The maximum Gasteiger partial charge on any atom is 0.344 e. The second kappa shape index (κ2) is 16.4. The summed E-state index contributed by atoms with van der Waals surface area (Å²) < 4.78 is 29.4. The summed E-state index contributed by atoms with van der Waals surface area (Å²) in [7, 11) is 2.79. The highest BCUT2D eigenvalue weighted by Gasteiger charge is 2.19. The maximum atomic E-state index is 11.8. The van der Waals surface area contributed by atoms with E-state index in [1.807, 2.05) is 0 Å². The molecule has 0 aromatic carbocycles. The molecule has 0 rings (SSSR count). The van der Waals surface area contributed by atoms with Crippen molar-refractivity contribution in [2.24, 2.45) is 5.92 Å². The van der Waals surface area contributed by atoms with E-state index in [2.05, 4.69) is 9.47 Å². The average molecular weight is 396 g/mol. The lowest BCUT2D eigenvalue weighted by Gasteiger charge is -2.20. The fraction of sp³-hybridized carbons (Fsp3) is 0.812. The zero-order valence-corrected chi connectivity index (χ0v) is 15.6. The van der Waals surface area contributed by atoms with Crippen molar-refractivity contribution < 1.29 is 53.0 Å². The fourth-order valence-electron chi connectivity index (χ4n) is 1.74. The topological polar surface area (TPSA) is 147 Å². The Balaban J connectivity index is 4.47. The number of carbonyl (C=O) groups excluding carboxylic acids is 3. The maximum absolute atomic E-state index is 11.8. The molecular weight excluding hydrogens is 368 g/mol. The van der Waals surface area contributed by atoms with E-state index in [1.165, 1.54) is 14.2 Å². The number of esters is 3. The third-order valence-corrected chi connectivity index (χ3v) is 2.98. The average Bonchev–Trinajstić information content (AvgIpc) is 2.64. The summed E-state index contributed by atoms with van der Waals surface area (Å²) in [5.74, 6) is -2.53. The van der Waals surface area contributed by atoms with E-state index in [9.17, 15) is 19.5 Å². The lowest BCUT2D eigenvalue weighted by molar-refractivity contribution is -0.171. The Bertz CT molecular complexity index is 427. The summed E-state index contributed by atoms with van der Waals surface area (Å²) in [5.41, 5.74) is 0. The summed E-state index contributed by atoms with van der Waals surface area (Å²) in [5, 5.41) is 17.9. The molecule has 0 spiro atoms. The molecule has 11 heteroatoms. The van der Waals surface area contributed by atoms with Gasteiger partial charge in [-0.05, 0) is 0 Å². The van der Waals surface area contributed by atoms with E-state index in [4.69, 9.17) is 24.1 Å². The molecule has 11 nitrogen and oxygen atoms in total. The Kier molecular flexibility index (Phi) is 15.3. The fourth-order valence-corrected chi connectivity index (χ4v) is 1.74. The molecule has 2 N–H and O–H groups in total. The van der Waals surface area contributed by atoms with Crippen LogP contribution in [-0.4, -0.2) is 101 Å². The first kappa shape index (κ1) is 25.2. The number of aliphatic hydroxyl groups excluding tert-OH is 2. The van der Waals surface area contributed by atoms with Crippen molar-refractivity contribution in [1.29, 1.82) is 0 Å². The second-order valence-corrected chi connectivity index (χ2v) is 5.40. The summed E-state index contributed by atoms with van der Waals surface area (Å²) >= 11 is 0. The highest BCUT2D eigenvalue weighted by Crippen LogP contribution is 2.02. The lowest BCUT2D eigenvalue weighted by Crippen LogP contribution is -2.33. The predicted octanol–water partition coefficient (Wildman–Crippen LogP) is -1.72. The molecule has 0 saturated heterocycles. The predicted molar refractivity (Wildman–Crippen MR) is 88.6 cm³/mol. The van der Waals surface area contributed by atoms with Gasteiger partial charge in [-0.25, -0.2) is 9.59 Å². The van der Waals surface area contributed by atoms with Gasteiger partial charge in [0.25, 0.3) is 0 Å². The molecule has 0 aliphatic carbocycles. The number of methoxy groups -OCH3 is 2. The van der Waals surface area contributed by atoms with E-state index < -0.39 is 30.6 Å². The molecule has 158 valence electrons. The molecular formula is C16H28O11. The van der Waals surface area contributed by atoms with Crippen LogP contribution in [-0.2, 0) is 42.8 Å².